The zero-order valence-electron chi connectivity index (χ0n) is 18.1. The summed E-state index contributed by atoms with van der Waals surface area (Å²) < 4.78 is 15.2. The standard InChI is InChI=1S/C24H25FN4O4/c1-15(16-4-7-20(8-5-16)29-11-2-10-26-29)27-23(32)21(30)22(31)24(33)28-12-9-17-3-6-19(25)13-18(17)14-28/h2-8,10-11,13,15,21-22,30-31H,9,12,14H2,1H3,(H,27,32)/t15-,21-,22-/m1/s1. The highest BCUT2D eigenvalue weighted by atomic mass is 19.1. The summed E-state index contributed by atoms with van der Waals surface area (Å²) in [5.41, 5.74) is 3.21. The van der Waals surface area contributed by atoms with Crippen molar-refractivity contribution >= 4 is 11.8 Å². The molecule has 1 aliphatic heterocycles. The Bertz CT molecular complexity index is 1130. The fourth-order valence-electron chi connectivity index (χ4n) is 3.90. The second kappa shape index (κ2) is 9.51. The van der Waals surface area contributed by atoms with E-state index in [-0.39, 0.29) is 6.54 Å². The van der Waals surface area contributed by atoms with Crippen LogP contribution >= 0.6 is 0 Å². The minimum Gasteiger partial charge on any atom is -0.380 e. The number of fused-ring (bicyclic) bond motifs is 1. The number of halogens is 1. The molecule has 2 aromatic carbocycles. The van der Waals surface area contributed by atoms with Crippen LogP contribution in [0.25, 0.3) is 5.69 Å². The van der Waals surface area contributed by atoms with Crippen molar-refractivity contribution in [3.63, 3.8) is 0 Å². The number of hydrogen-bond acceptors (Lipinski definition) is 5. The van der Waals surface area contributed by atoms with Gasteiger partial charge < -0.3 is 20.4 Å². The molecule has 172 valence electrons. The topological polar surface area (TPSA) is 108 Å². The smallest absolute Gasteiger partial charge is 0.255 e. The molecule has 2 amide bonds. The quantitative estimate of drug-likeness (QED) is 0.525. The van der Waals surface area contributed by atoms with E-state index < -0.39 is 35.9 Å². The first-order valence-electron chi connectivity index (χ1n) is 10.7. The molecule has 9 heteroatoms. The summed E-state index contributed by atoms with van der Waals surface area (Å²) in [4.78, 5) is 26.5. The predicted octanol–water partition coefficient (Wildman–Crippen LogP) is 1.50. The van der Waals surface area contributed by atoms with Crippen LogP contribution in [0.2, 0.25) is 0 Å². The number of rotatable bonds is 6. The fourth-order valence-corrected chi connectivity index (χ4v) is 3.90. The number of nitrogens with one attached hydrogen (secondary N) is 1. The lowest BCUT2D eigenvalue weighted by atomic mass is 9.98. The number of aliphatic hydroxyl groups is 2. The third-order valence-electron chi connectivity index (χ3n) is 5.83. The van der Waals surface area contributed by atoms with Gasteiger partial charge in [0.2, 0.25) is 0 Å². The maximum atomic E-state index is 13.5. The Labute approximate surface area is 190 Å². The van der Waals surface area contributed by atoms with Gasteiger partial charge in [0.25, 0.3) is 11.8 Å². The number of nitrogens with zero attached hydrogens (tertiary/aromatic N) is 3. The molecule has 4 rings (SSSR count). The van der Waals surface area contributed by atoms with E-state index >= 15 is 0 Å². The molecule has 0 aliphatic carbocycles. The van der Waals surface area contributed by atoms with Gasteiger partial charge in [-0.1, -0.05) is 18.2 Å². The van der Waals surface area contributed by atoms with E-state index in [4.69, 9.17) is 0 Å². The van der Waals surface area contributed by atoms with Crippen molar-refractivity contribution in [1.29, 1.82) is 0 Å². The Morgan fingerprint density at radius 3 is 2.55 bits per heavy atom. The summed E-state index contributed by atoms with van der Waals surface area (Å²) in [5.74, 6) is -2.04. The van der Waals surface area contributed by atoms with Gasteiger partial charge in [-0.2, -0.15) is 5.10 Å². The van der Waals surface area contributed by atoms with Crippen LogP contribution in [0.3, 0.4) is 0 Å². The summed E-state index contributed by atoms with van der Waals surface area (Å²) >= 11 is 0. The monoisotopic (exact) mass is 452 g/mol. The number of benzene rings is 2. The van der Waals surface area contributed by atoms with Crippen LogP contribution in [0.1, 0.15) is 29.7 Å². The summed E-state index contributed by atoms with van der Waals surface area (Å²) in [5, 5.41) is 27.4. The molecule has 0 fully saturated rings. The van der Waals surface area contributed by atoms with Gasteiger partial charge in [-0.25, -0.2) is 9.07 Å². The Morgan fingerprint density at radius 1 is 1.09 bits per heavy atom. The molecular formula is C24H25FN4O4. The molecule has 0 saturated heterocycles. The first-order chi connectivity index (χ1) is 15.8. The molecule has 0 bridgehead atoms. The van der Waals surface area contributed by atoms with E-state index in [1.165, 1.54) is 17.0 Å². The van der Waals surface area contributed by atoms with Gasteiger partial charge in [0, 0.05) is 25.5 Å². The molecule has 1 aliphatic rings. The van der Waals surface area contributed by atoms with E-state index in [0.29, 0.717) is 18.5 Å². The van der Waals surface area contributed by atoms with Crippen molar-refractivity contribution in [3.8, 4) is 5.69 Å². The van der Waals surface area contributed by atoms with Gasteiger partial charge >= 0.3 is 0 Å². The zero-order chi connectivity index (χ0) is 23.5. The highest BCUT2D eigenvalue weighted by molar-refractivity contribution is 5.91. The average Bonchev–Trinajstić information content (AvgIpc) is 3.37. The van der Waals surface area contributed by atoms with E-state index in [0.717, 1.165) is 16.8 Å². The predicted molar refractivity (Wildman–Crippen MR) is 118 cm³/mol. The maximum absolute atomic E-state index is 13.5. The van der Waals surface area contributed by atoms with Crippen LogP contribution in [0.4, 0.5) is 4.39 Å². The maximum Gasteiger partial charge on any atom is 0.255 e. The van der Waals surface area contributed by atoms with E-state index in [1.807, 2.05) is 36.5 Å². The molecule has 0 saturated carbocycles. The molecule has 2 heterocycles. The molecule has 0 spiro atoms. The summed E-state index contributed by atoms with van der Waals surface area (Å²) in [6.45, 7) is 2.15. The van der Waals surface area contributed by atoms with Gasteiger partial charge in [0.1, 0.15) is 5.82 Å². The van der Waals surface area contributed by atoms with Gasteiger partial charge in [-0.3, -0.25) is 9.59 Å². The first kappa shape index (κ1) is 22.6. The number of carbonyl (C=O) groups excluding carboxylic acids is 2. The number of aliphatic hydroxyl groups excluding tert-OH is 2. The van der Waals surface area contributed by atoms with Crippen LogP contribution in [-0.2, 0) is 22.6 Å². The van der Waals surface area contributed by atoms with E-state index in [1.54, 1.807) is 23.9 Å². The lowest BCUT2D eigenvalue weighted by Crippen LogP contribution is -2.51. The zero-order valence-corrected chi connectivity index (χ0v) is 18.1. The highest BCUT2D eigenvalue weighted by Gasteiger charge is 2.35. The summed E-state index contributed by atoms with van der Waals surface area (Å²) in [7, 11) is 0. The van der Waals surface area contributed by atoms with Crippen molar-refractivity contribution in [2.45, 2.75) is 38.1 Å². The molecule has 3 N–H and O–H groups in total. The van der Waals surface area contributed by atoms with Crippen molar-refractivity contribution < 1.29 is 24.2 Å². The second-order valence-electron chi connectivity index (χ2n) is 8.08. The number of carbonyl (C=O) groups is 2. The second-order valence-corrected chi connectivity index (χ2v) is 8.08. The van der Waals surface area contributed by atoms with E-state index in [9.17, 15) is 24.2 Å². The summed E-state index contributed by atoms with van der Waals surface area (Å²) in [6, 6.07) is 13.1. The minimum absolute atomic E-state index is 0.107. The lowest BCUT2D eigenvalue weighted by molar-refractivity contribution is -0.154. The van der Waals surface area contributed by atoms with Crippen molar-refractivity contribution in [1.82, 2.24) is 20.0 Å². The SMILES string of the molecule is C[C@@H](NC(=O)[C@H](O)[C@@H](O)C(=O)N1CCc2ccc(F)cc2C1)c1ccc(-n2cccn2)cc1. The minimum atomic E-state index is -1.93. The van der Waals surface area contributed by atoms with Gasteiger partial charge in [0.15, 0.2) is 12.2 Å². The average molecular weight is 452 g/mol. The number of aromatic nitrogens is 2. The molecule has 0 unspecified atom stereocenters. The van der Waals surface area contributed by atoms with Crippen LogP contribution in [-0.4, -0.2) is 55.5 Å². The normalized spacial score (nSPS) is 15.9. The Morgan fingerprint density at radius 2 is 1.85 bits per heavy atom. The lowest BCUT2D eigenvalue weighted by Gasteiger charge is -2.31. The van der Waals surface area contributed by atoms with Crippen LogP contribution in [0.15, 0.2) is 60.9 Å². The van der Waals surface area contributed by atoms with Gasteiger partial charge in [-0.15, -0.1) is 0 Å². The molecule has 33 heavy (non-hydrogen) atoms. The Balaban J connectivity index is 1.35. The molecule has 8 nitrogen and oxygen atoms in total. The molecule has 3 atom stereocenters. The van der Waals surface area contributed by atoms with Crippen LogP contribution in [0, 0.1) is 5.82 Å². The molecule has 1 aromatic heterocycles. The summed E-state index contributed by atoms with van der Waals surface area (Å²) in [6.07, 6.45) is 0.131. The molecular weight excluding hydrogens is 427 g/mol. The third kappa shape index (κ3) is 4.94. The Kier molecular flexibility index (Phi) is 6.52. The van der Waals surface area contributed by atoms with Crippen molar-refractivity contribution in [2.24, 2.45) is 0 Å². The third-order valence-corrected chi connectivity index (χ3v) is 5.83. The number of amides is 2. The number of hydrogen-bond donors (Lipinski definition) is 3. The Hall–Kier alpha value is -3.56. The van der Waals surface area contributed by atoms with Crippen LogP contribution in [0.5, 0.6) is 0 Å². The molecule has 3 aromatic rings. The van der Waals surface area contributed by atoms with Gasteiger partial charge in [-0.05, 0) is 60.4 Å². The largest absolute Gasteiger partial charge is 0.380 e. The van der Waals surface area contributed by atoms with Crippen molar-refractivity contribution in [3.05, 3.63) is 83.4 Å². The van der Waals surface area contributed by atoms with Crippen LogP contribution < -0.4 is 5.32 Å². The van der Waals surface area contributed by atoms with E-state index in [2.05, 4.69) is 10.4 Å². The fraction of sp³-hybridized carbons (Fsp3) is 0.292. The first-order valence-corrected chi connectivity index (χ1v) is 10.7. The van der Waals surface area contributed by atoms with Gasteiger partial charge in [0.05, 0.1) is 11.7 Å². The molecule has 0 radical (unpaired) electrons. The van der Waals surface area contributed by atoms with Crippen molar-refractivity contribution in [2.75, 3.05) is 6.54 Å². The highest BCUT2D eigenvalue weighted by Crippen LogP contribution is 2.21.